The Kier molecular flexibility index (Phi) is 6.68. The van der Waals surface area contributed by atoms with Crippen molar-refractivity contribution in [3.8, 4) is 11.5 Å². The maximum Gasteiger partial charge on any atom is 0.196 e. The summed E-state index contributed by atoms with van der Waals surface area (Å²) < 4.78 is 16.0. The van der Waals surface area contributed by atoms with Crippen molar-refractivity contribution >= 4 is 11.6 Å². The molecular weight excluding hydrogens is 324 g/mol. The van der Waals surface area contributed by atoms with Crippen molar-refractivity contribution in [3.63, 3.8) is 0 Å². The fourth-order valence-electron chi connectivity index (χ4n) is 2.28. The first-order valence-corrected chi connectivity index (χ1v) is 7.65. The van der Waals surface area contributed by atoms with Crippen LogP contribution < -0.4 is 9.47 Å². The Labute approximate surface area is 146 Å². The van der Waals surface area contributed by atoms with E-state index < -0.39 is 18.5 Å². The summed E-state index contributed by atoms with van der Waals surface area (Å²) >= 11 is 0. The van der Waals surface area contributed by atoms with Gasteiger partial charge in [0.2, 0.25) is 0 Å². The van der Waals surface area contributed by atoms with E-state index in [4.69, 9.17) is 19.3 Å². The monoisotopic (exact) mass is 344 g/mol. The molecule has 0 saturated carbocycles. The molecule has 1 atom stereocenters. The number of hydrogen-bond acceptors (Lipinski definition) is 6. The average molecular weight is 344 g/mol. The first kappa shape index (κ1) is 18.6. The molecule has 0 radical (unpaired) electrons. The molecule has 0 saturated heterocycles. The lowest BCUT2D eigenvalue weighted by Gasteiger charge is -2.18. The predicted octanol–water partition coefficient (Wildman–Crippen LogP) is 2.21. The van der Waals surface area contributed by atoms with Crippen LogP contribution in [0.5, 0.6) is 11.5 Å². The summed E-state index contributed by atoms with van der Waals surface area (Å²) in [7, 11) is 3.01. The molecule has 25 heavy (non-hydrogen) atoms. The van der Waals surface area contributed by atoms with Gasteiger partial charge in [0.05, 0.1) is 14.2 Å². The van der Waals surface area contributed by atoms with Crippen LogP contribution in [0.25, 0.3) is 0 Å². The van der Waals surface area contributed by atoms with Crippen molar-refractivity contribution in [2.75, 3.05) is 27.4 Å². The molecule has 6 heteroatoms. The molecule has 2 rings (SSSR count). The van der Waals surface area contributed by atoms with Gasteiger partial charge in [0, 0.05) is 11.6 Å². The maximum atomic E-state index is 12.9. The Morgan fingerprint density at radius 1 is 1.00 bits per heavy atom. The minimum atomic E-state index is -1.03. The number of aliphatic hydroxyl groups is 1. The normalized spacial score (nSPS) is 11.6. The number of methoxy groups -OCH3 is 2. The number of carbonyl (C=O) groups is 2. The first-order valence-electron chi connectivity index (χ1n) is 7.65. The van der Waals surface area contributed by atoms with Crippen LogP contribution >= 0.6 is 0 Å². The molecule has 2 aromatic carbocycles. The van der Waals surface area contributed by atoms with Crippen LogP contribution in [0.2, 0.25) is 0 Å². The smallest absolute Gasteiger partial charge is 0.196 e. The molecule has 0 aliphatic rings. The van der Waals surface area contributed by atoms with E-state index in [0.717, 1.165) is 0 Å². The lowest BCUT2D eigenvalue weighted by molar-refractivity contribution is -0.127. The molecule has 1 N–H and O–H groups in total. The van der Waals surface area contributed by atoms with Crippen molar-refractivity contribution in [2.24, 2.45) is 0 Å². The molecule has 0 heterocycles. The Bertz CT molecular complexity index is 704. The van der Waals surface area contributed by atoms with E-state index in [9.17, 15) is 9.59 Å². The van der Waals surface area contributed by atoms with E-state index in [-0.39, 0.29) is 12.4 Å². The second-order valence-corrected chi connectivity index (χ2v) is 5.26. The number of rotatable bonds is 9. The van der Waals surface area contributed by atoms with E-state index in [1.165, 1.54) is 14.2 Å². The Morgan fingerprint density at radius 3 is 2.12 bits per heavy atom. The first-order chi connectivity index (χ1) is 12.1. The van der Waals surface area contributed by atoms with Crippen molar-refractivity contribution in [2.45, 2.75) is 6.10 Å². The second-order valence-electron chi connectivity index (χ2n) is 5.26. The minimum Gasteiger partial charge on any atom is -0.497 e. The largest absolute Gasteiger partial charge is 0.497 e. The number of Topliss-reactive ketones (excluding diaryl/α,β-unsaturated/α-hetero) is 2. The topological polar surface area (TPSA) is 82.1 Å². The second kappa shape index (κ2) is 8.96. The molecule has 0 bridgehead atoms. The summed E-state index contributed by atoms with van der Waals surface area (Å²) in [6.07, 6.45) is -1.03. The van der Waals surface area contributed by atoms with Gasteiger partial charge in [-0.2, -0.15) is 0 Å². The highest BCUT2D eigenvalue weighted by molar-refractivity contribution is 6.00. The van der Waals surface area contributed by atoms with Gasteiger partial charge in [-0.3, -0.25) is 9.59 Å². The van der Waals surface area contributed by atoms with Gasteiger partial charge in [0.25, 0.3) is 0 Å². The van der Waals surface area contributed by atoms with Crippen LogP contribution in [-0.4, -0.2) is 44.1 Å². The van der Waals surface area contributed by atoms with Crippen molar-refractivity contribution in [1.82, 2.24) is 0 Å². The molecule has 0 fully saturated rings. The van der Waals surface area contributed by atoms with Gasteiger partial charge in [-0.25, -0.2) is 0 Å². The summed E-state index contributed by atoms with van der Waals surface area (Å²) in [5, 5.41) is 8.88. The molecule has 0 aliphatic carbocycles. The Morgan fingerprint density at radius 2 is 1.60 bits per heavy atom. The van der Waals surface area contributed by atoms with Crippen LogP contribution in [0.15, 0.2) is 48.5 Å². The quantitative estimate of drug-likeness (QED) is 0.702. The molecular formula is C19H20O6. The molecule has 0 amide bonds. The van der Waals surface area contributed by atoms with Gasteiger partial charge in [-0.15, -0.1) is 0 Å². The summed E-state index contributed by atoms with van der Waals surface area (Å²) in [5.41, 5.74) is 0.946. The average Bonchev–Trinajstić information content (AvgIpc) is 2.67. The molecule has 2 aromatic rings. The summed E-state index contributed by atoms with van der Waals surface area (Å²) in [5.74, 6) is 0.178. The standard InChI is InChI=1S/C19H20O6/c1-23-16-8-14(9-17(10-16)24-2)19(25-12-15(21)11-20)18(22)13-6-4-3-5-7-13/h3-10,19-20H,11-12H2,1-2H3. The van der Waals surface area contributed by atoms with Crippen LogP contribution in [0, 0.1) is 0 Å². The van der Waals surface area contributed by atoms with E-state index >= 15 is 0 Å². The SMILES string of the molecule is COc1cc(OC)cc(C(OCC(=O)CO)C(=O)c2ccccc2)c1. The fourth-order valence-corrected chi connectivity index (χ4v) is 2.28. The Balaban J connectivity index is 2.40. The van der Waals surface area contributed by atoms with Crippen LogP contribution in [0.1, 0.15) is 22.0 Å². The lowest BCUT2D eigenvalue weighted by Crippen LogP contribution is -2.21. The summed E-state index contributed by atoms with van der Waals surface area (Å²) in [6.45, 7) is -1.02. The number of benzene rings is 2. The third-order valence-corrected chi connectivity index (χ3v) is 3.56. The zero-order chi connectivity index (χ0) is 18.2. The summed E-state index contributed by atoms with van der Waals surface area (Å²) in [4.78, 5) is 24.3. The number of ether oxygens (including phenoxy) is 3. The van der Waals surface area contributed by atoms with Gasteiger partial charge in [0.15, 0.2) is 11.6 Å². The maximum absolute atomic E-state index is 12.9. The van der Waals surface area contributed by atoms with E-state index in [2.05, 4.69) is 0 Å². The zero-order valence-electron chi connectivity index (χ0n) is 14.1. The van der Waals surface area contributed by atoms with Crippen LogP contribution in [0.4, 0.5) is 0 Å². The van der Waals surface area contributed by atoms with E-state index in [1.54, 1.807) is 48.5 Å². The van der Waals surface area contributed by atoms with Gasteiger partial charge in [-0.1, -0.05) is 30.3 Å². The van der Waals surface area contributed by atoms with Gasteiger partial charge in [0.1, 0.15) is 30.8 Å². The van der Waals surface area contributed by atoms with E-state index in [0.29, 0.717) is 22.6 Å². The molecule has 132 valence electrons. The molecule has 0 spiro atoms. The van der Waals surface area contributed by atoms with Gasteiger partial charge < -0.3 is 19.3 Å². The van der Waals surface area contributed by atoms with Crippen LogP contribution in [-0.2, 0) is 9.53 Å². The minimum absolute atomic E-state index is 0.304. The van der Waals surface area contributed by atoms with Gasteiger partial charge in [-0.05, 0) is 17.7 Å². The lowest BCUT2D eigenvalue weighted by atomic mass is 9.99. The third kappa shape index (κ3) is 4.89. The Hall–Kier alpha value is -2.70. The van der Waals surface area contributed by atoms with Crippen LogP contribution in [0.3, 0.4) is 0 Å². The third-order valence-electron chi connectivity index (χ3n) is 3.56. The number of hydrogen-bond donors (Lipinski definition) is 1. The predicted molar refractivity (Wildman–Crippen MR) is 91.1 cm³/mol. The number of carbonyl (C=O) groups excluding carboxylic acids is 2. The van der Waals surface area contributed by atoms with Gasteiger partial charge >= 0.3 is 0 Å². The zero-order valence-corrected chi connectivity index (χ0v) is 14.1. The molecule has 0 aliphatic heterocycles. The van der Waals surface area contributed by atoms with Crippen molar-refractivity contribution < 1.29 is 28.9 Å². The van der Waals surface area contributed by atoms with E-state index in [1.807, 2.05) is 0 Å². The molecule has 0 aromatic heterocycles. The summed E-state index contributed by atoms with van der Waals surface area (Å²) in [6, 6.07) is 13.6. The highest BCUT2D eigenvalue weighted by Gasteiger charge is 2.25. The molecule has 6 nitrogen and oxygen atoms in total. The van der Waals surface area contributed by atoms with Crippen molar-refractivity contribution in [1.29, 1.82) is 0 Å². The van der Waals surface area contributed by atoms with Crippen molar-refractivity contribution in [3.05, 3.63) is 59.7 Å². The number of aliphatic hydroxyl groups excluding tert-OH is 1. The fraction of sp³-hybridized carbons (Fsp3) is 0.263. The number of ketones is 2. The molecule has 1 unspecified atom stereocenters. The highest BCUT2D eigenvalue weighted by Crippen LogP contribution is 2.30. The highest BCUT2D eigenvalue weighted by atomic mass is 16.5.